The number of hydrogen-bond donors (Lipinski definition) is 0. The van der Waals surface area contributed by atoms with Gasteiger partial charge >= 0.3 is 5.97 Å². The molecule has 0 saturated carbocycles. The van der Waals surface area contributed by atoms with E-state index in [0.29, 0.717) is 24.2 Å². The van der Waals surface area contributed by atoms with Gasteiger partial charge in [-0.1, -0.05) is 0 Å². The minimum Gasteiger partial charge on any atom is -0.456 e. The molecule has 2 aliphatic heterocycles. The quantitative estimate of drug-likeness (QED) is 0.261. The van der Waals surface area contributed by atoms with Gasteiger partial charge in [0.25, 0.3) is 5.69 Å². The maximum Gasteiger partial charge on any atom is 0.357 e. The number of carbonyl (C=O) groups excluding carboxylic acids is 2. The molecule has 132 valence electrons. The highest BCUT2D eigenvalue weighted by Gasteiger charge is 2.47. The van der Waals surface area contributed by atoms with Crippen LogP contribution in [0.5, 0.6) is 0 Å². The summed E-state index contributed by atoms with van der Waals surface area (Å²) in [5, 5.41) is 10.6. The van der Waals surface area contributed by atoms with E-state index in [1.807, 2.05) is 11.2 Å². The fourth-order valence-corrected chi connectivity index (χ4v) is 3.97. The third-order valence-electron chi connectivity index (χ3n) is 4.11. The number of β-lactam (4-membered cyclic amide) rings is 1. The highest BCUT2D eigenvalue weighted by molar-refractivity contribution is 7.97. The van der Waals surface area contributed by atoms with E-state index in [1.54, 1.807) is 31.0 Å². The third kappa shape index (κ3) is 3.19. The van der Waals surface area contributed by atoms with Gasteiger partial charge in [0.2, 0.25) is 5.91 Å². The Morgan fingerprint density at radius 1 is 1.40 bits per heavy atom. The lowest BCUT2D eigenvalue weighted by Crippen LogP contribution is -2.56. The fourth-order valence-electron chi connectivity index (χ4n) is 2.75. The Labute approximate surface area is 148 Å². The van der Waals surface area contributed by atoms with Gasteiger partial charge in [0, 0.05) is 18.7 Å². The van der Waals surface area contributed by atoms with E-state index >= 15 is 0 Å². The molecule has 2 aliphatic rings. The molecule has 2 heterocycles. The van der Waals surface area contributed by atoms with Crippen LogP contribution < -0.4 is 0 Å². The second-order valence-electron chi connectivity index (χ2n) is 5.66. The van der Waals surface area contributed by atoms with Gasteiger partial charge in [-0.3, -0.25) is 19.8 Å². The maximum absolute atomic E-state index is 12.5. The van der Waals surface area contributed by atoms with Crippen molar-refractivity contribution in [3.8, 4) is 0 Å². The van der Waals surface area contributed by atoms with E-state index in [0.717, 1.165) is 0 Å². The number of carbonyl (C=O) groups is 2. The van der Waals surface area contributed by atoms with E-state index < -0.39 is 10.9 Å². The molecule has 0 radical (unpaired) electrons. The summed E-state index contributed by atoms with van der Waals surface area (Å²) in [4.78, 5) is 36.1. The maximum atomic E-state index is 12.5. The Morgan fingerprint density at radius 2 is 2.08 bits per heavy atom. The van der Waals surface area contributed by atoms with Crippen molar-refractivity contribution < 1.29 is 19.2 Å². The summed E-state index contributed by atoms with van der Waals surface area (Å²) in [6.45, 7) is 4.47. The monoisotopic (exact) mass is 363 g/mol. The molecule has 9 heteroatoms. The number of benzene rings is 1. The lowest BCUT2D eigenvalue weighted by molar-refractivity contribution is -0.384. The zero-order valence-corrected chi connectivity index (χ0v) is 14.6. The summed E-state index contributed by atoms with van der Waals surface area (Å²) in [7, 11) is 0. The topological polar surface area (TPSA) is 93.0 Å². The number of amides is 1. The van der Waals surface area contributed by atoms with Crippen LogP contribution in [0.2, 0.25) is 0 Å². The van der Waals surface area contributed by atoms with Gasteiger partial charge in [-0.2, -0.15) is 0 Å². The Hall–Kier alpha value is -2.55. The van der Waals surface area contributed by atoms with Crippen LogP contribution in [0.25, 0.3) is 0 Å². The van der Waals surface area contributed by atoms with Crippen molar-refractivity contribution in [1.82, 2.24) is 9.21 Å². The van der Waals surface area contributed by atoms with E-state index in [2.05, 4.69) is 0 Å². The number of rotatable bonds is 5. The molecule has 1 aromatic rings. The van der Waals surface area contributed by atoms with Gasteiger partial charge in [-0.05, 0) is 43.5 Å². The predicted molar refractivity (Wildman–Crippen MR) is 90.8 cm³/mol. The van der Waals surface area contributed by atoms with Gasteiger partial charge in [-0.15, -0.1) is 0 Å². The largest absolute Gasteiger partial charge is 0.456 e. The molecule has 0 aliphatic carbocycles. The summed E-state index contributed by atoms with van der Waals surface area (Å²) in [5.41, 5.74) is 1.60. The predicted octanol–water partition coefficient (Wildman–Crippen LogP) is 2.41. The molecule has 8 nitrogen and oxygen atoms in total. The first-order chi connectivity index (χ1) is 11.9. The lowest BCUT2D eigenvalue weighted by atomic mass is 10.1. The molecule has 3 rings (SSSR count). The van der Waals surface area contributed by atoms with Gasteiger partial charge in [0.05, 0.1) is 17.0 Å². The molecule has 0 unspecified atom stereocenters. The first-order valence-corrected chi connectivity index (χ1v) is 8.63. The Morgan fingerprint density at radius 3 is 2.64 bits per heavy atom. The van der Waals surface area contributed by atoms with Crippen molar-refractivity contribution in [2.45, 2.75) is 32.2 Å². The number of nitro benzene ring substituents is 1. The van der Waals surface area contributed by atoms with Crippen molar-refractivity contribution in [2.24, 2.45) is 0 Å². The number of esters is 1. The first-order valence-electron chi connectivity index (χ1n) is 7.80. The van der Waals surface area contributed by atoms with Crippen LogP contribution in [-0.4, -0.2) is 37.9 Å². The van der Waals surface area contributed by atoms with Crippen molar-refractivity contribution in [3.63, 3.8) is 0 Å². The van der Waals surface area contributed by atoms with E-state index in [1.165, 1.54) is 17.0 Å². The van der Waals surface area contributed by atoms with Gasteiger partial charge in [0.15, 0.2) is 5.70 Å². The van der Waals surface area contributed by atoms with Crippen LogP contribution in [0.4, 0.5) is 5.69 Å². The molecule has 0 N–H and O–H groups in total. The normalized spacial score (nSPS) is 19.4. The zero-order valence-electron chi connectivity index (χ0n) is 13.8. The summed E-state index contributed by atoms with van der Waals surface area (Å²) in [6.07, 6.45) is 0.410. The van der Waals surface area contributed by atoms with Crippen molar-refractivity contribution >= 4 is 29.5 Å². The van der Waals surface area contributed by atoms with Crippen LogP contribution in [0.15, 0.2) is 35.7 Å². The fraction of sp³-hybridized carbons (Fsp3) is 0.375. The standard InChI is InChI=1S/C16H17N3O5S/c1-3-17-10(2)15(18-13(20)8-14(18)25-17)16(21)24-9-11-4-6-12(7-5-11)19(22)23/h4-7,14H,3,8-9H2,1-2H3/t14-/m1/s1. The number of hydrogen-bond acceptors (Lipinski definition) is 7. The number of non-ortho nitro benzene ring substituents is 1. The number of nitrogens with zero attached hydrogens (tertiary/aromatic N) is 3. The molecule has 1 saturated heterocycles. The van der Waals surface area contributed by atoms with Crippen molar-refractivity contribution in [3.05, 3.63) is 51.3 Å². The average molecular weight is 363 g/mol. The summed E-state index contributed by atoms with van der Waals surface area (Å²) < 4.78 is 7.32. The first kappa shape index (κ1) is 17.3. The second kappa shape index (κ2) is 6.75. The van der Waals surface area contributed by atoms with E-state index in [-0.39, 0.29) is 29.3 Å². The number of allylic oxidation sites excluding steroid dienone is 1. The van der Waals surface area contributed by atoms with Crippen LogP contribution in [0.1, 0.15) is 25.8 Å². The third-order valence-corrected chi connectivity index (χ3v) is 5.52. The SMILES string of the molecule is CCN1S[C@@H]2CC(=O)N2C(C(=O)OCc2ccc([N+](=O)[O-])cc2)=C1C. The van der Waals surface area contributed by atoms with Gasteiger partial charge < -0.3 is 9.04 Å². The summed E-state index contributed by atoms with van der Waals surface area (Å²) in [5.74, 6) is -0.650. The Balaban J connectivity index is 1.73. The van der Waals surface area contributed by atoms with E-state index in [4.69, 9.17) is 4.74 Å². The molecule has 1 amide bonds. The molecule has 1 atom stereocenters. The molecule has 0 bridgehead atoms. The number of fused-ring (bicyclic) bond motifs is 1. The van der Waals surface area contributed by atoms with Gasteiger partial charge in [0.1, 0.15) is 12.0 Å². The number of nitro groups is 1. The number of ether oxygens (including phenoxy) is 1. The van der Waals surface area contributed by atoms with Crippen molar-refractivity contribution in [2.75, 3.05) is 6.54 Å². The Bertz CT molecular complexity index is 762. The lowest BCUT2D eigenvalue weighted by Gasteiger charge is -2.47. The molecule has 1 fully saturated rings. The molecule has 1 aromatic carbocycles. The van der Waals surface area contributed by atoms with Crippen molar-refractivity contribution in [1.29, 1.82) is 0 Å². The molecule has 25 heavy (non-hydrogen) atoms. The van der Waals surface area contributed by atoms with Crippen LogP contribution in [0, 0.1) is 10.1 Å². The molecular weight excluding hydrogens is 346 g/mol. The summed E-state index contributed by atoms with van der Waals surface area (Å²) in [6, 6.07) is 5.80. The second-order valence-corrected chi connectivity index (χ2v) is 6.85. The minimum absolute atomic E-state index is 0.0143. The molecule has 0 aromatic heterocycles. The molecule has 0 spiro atoms. The summed E-state index contributed by atoms with van der Waals surface area (Å²) >= 11 is 1.54. The van der Waals surface area contributed by atoms with Crippen LogP contribution in [0.3, 0.4) is 0 Å². The highest BCUT2D eigenvalue weighted by atomic mass is 32.2. The smallest absolute Gasteiger partial charge is 0.357 e. The average Bonchev–Trinajstić information content (AvgIpc) is 2.60. The minimum atomic E-state index is -0.562. The van der Waals surface area contributed by atoms with E-state index in [9.17, 15) is 19.7 Å². The van der Waals surface area contributed by atoms with Crippen LogP contribution in [-0.2, 0) is 20.9 Å². The molecular formula is C16H17N3O5S. The van der Waals surface area contributed by atoms with Gasteiger partial charge in [-0.25, -0.2) is 4.79 Å². The Kier molecular flexibility index (Phi) is 4.67. The van der Waals surface area contributed by atoms with Crippen LogP contribution >= 0.6 is 11.9 Å². The highest BCUT2D eigenvalue weighted by Crippen LogP contribution is 2.42. The zero-order chi connectivity index (χ0) is 18.1.